The molecule has 4 aromatic heterocycles. The van der Waals surface area contributed by atoms with Gasteiger partial charge in [0.05, 0.1) is 0 Å². The molecular weight excluding hydrogens is 504 g/mol. The summed E-state index contributed by atoms with van der Waals surface area (Å²) in [7, 11) is 0. The Balaban J connectivity index is 0.000000160. The third-order valence-corrected chi connectivity index (χ3v) is 5.45. The average molecular weight is 530 g/mol. The van der Waals surface area contributed by atoms with E-state index in [1.54, 1.807) is 0 Å². The minimum absolute atomic E-state index is 0. The molecule has 2 aliphatic rings. The molecule has 2 aliphatic heterocycles. The summed E-state index contributed by atoms with van der Waals surface area (Å²) >= 11 is 0. The zero-order valence-electron chi connectivity index (χ0n) is 16.7. The fraction of sp³-hybridized carbons (Fsp3) is 0.167. The fourth-order valence-electron chi connectivity index (χ4n) is 4.05. The van der Waals surface area contributed by atoms with E-state index in [9.17, 15) is 0 Å². The molecule has 0 amide bonds. The summed E-state index contributed by atoms with van der Waals surface area (Å²) in [5, 5.41) is 0. The van der Waals surface area contributed by atoms with E-state index in [4.69, 9.17) is 0 Å². The van der Waals surface area contributed by atoms with E-state index in [1.165, 1.54) is 22.8 Å². The molecule has 152 valence electrons. The molecule has 0 spiro atoms. The summed E-state index contributed by atoms with van der Waals surface area (Å²) in [5.74, 6) is 0. The molecule has 0 unspecified atom stereocenters. The van der Waals surface area contributed by atoms with Crippen molar-refractivity contribution in [2.45, 2.75) is 26.2 Å². The van der Waals surface area contributed by atoms with Crippen LogP contribution in [0.5, 0.6) is 0 Å². The standard InChI is InChI=1S/2C12H12N2.2BrH/c2*1-3-7-13-9-10-14-8-4-2-6-12(14)11(13)5-1;;/h2*1-8H,9-10H2;2*1H/q2*+2;;. The lowest BCUT2D eigenvalue weighted by molar-refractivity contribution is -0.794. The maximum absolute atomic E-state index is 2.30. The van der Waals surface area contributed by atoms with Crippen molar-refractivity contribution in [3.63, 3.8) is 0 Å². The van der Waals surface area contributed by atoms with Crippen LogP contribution in [0, 0.1) is 0 Å². The van der Waals surface area contributed by atoms with Gasteiger partial charge in [-0.1, -0.05) is 0 Å². The monoisotopic (exact) mass is 528 g/mol. The lowest BCUT2D eigenvalue weighted by Gasteiger charge is -2.08. The Morgan fingerprint density at radius 1 is 0.367 bits per heavy atom. The third-order valence-electron chi connectivity index (χ3n) is 5.45. The van der Waals surface area contributed by atoms with Gasteiger partial charge in [-0.2, -0.15) is 18.3 Å². The molecule has 6 heteroatoms. The van der Waals surface area contributed by atoms with Crippen LogP contribution in [-0.4, -0.2) is 0 Å². The molecule has 0 atom stereocenters. The first-order valence-electron chi connectivity index (χ1n) is 9.85. The lowest BCUT2D eigenvalue weighted by atomic mass is 10.2. The van der Waals surface area contributed by atoms with Gasteiger partial charge >= 0.3 is 0 Å². The fourth-order valence-corrected chi connectivity index (χ4v) is 4.05. The summed E-state index contributed by atoms with van der Waals surface area (Å²) in [6.45, 7) is 4.27. The van der Waals surface area contributed by atoms with Gasteiger partial charge in [-0.15, -0.1) is 34.0 Å². The molecule has 0 radical (unpaired) electrons. The van der Waals surface area contributed by atoms with E-state index in [1.807, 2.05) is 0 Å². The van der Waals surface area contributed by atoms with Crippen molar-refractivity contribution in [2.75, 3.05) is 0 Å². The summed E-state index contributed by atoms with van der Waals surface area (Å²) in [6, 6.07) is 25.4. The van der Waals surface area contributed by atoms with E-state index in [-0.39, 0.29) is 34.0 Å². The van der Waals surface area contributed by atoms with Crippen LogP contribution < -0.4 is 18.3 Å². The Bertz CT molecular complexity index is 965. The van der Waals surface area contributed by atoms with E-state index in [2.05, 4.69) is 116 Å². The van der Waals surface area contributed by atoms with Crippen LogP contribution in [0.25, 0.3) is 22.8 Å². The minimum atomic E-state index is 0. The van der Waals surface area contributed by atoms with Crippen molar-refractivity contribution >= 4 is 34.0 Å². The highest BCUT2D eigenvalue weighted by molar-refractivity contribution is 8.93. The molecule has 0 N–H and O–H groups in total. The maximum Gasteiger partial charge on any atom is 0.277 e. The van der Waals surface area contributed by atoms with Crippen LogP contribution in [0.4, 0.5) is 0 Å². The van der Waals surface area contributed by atoms with E-state index >= 15 is 0 Å². The second kappa shape index (κ2) is 10.0. The predicted molar refractivity (Wildman–Crippen MR) is 125 cm³/mol. The molecule has 0 saturated carbocycles. The predicted octanol–water partition coefficient (Wildman–Crippen LogP) is 3.04. The van der Waals surface area contributed by atoms with E-state index in [0.29, 0.717) is 0 Å². The highest BCUT2D eigenvalue weighted by atomic mass is 79.9. The van der Waals surface area contributed by atoms with Gasteiger partial charge in [-0.05, 0) is 24.3 Å². The van der Waals surface area contributed by atoms with Crippen LogP contribution in [0.2, 0.25) is 0 Å². The zero-order valence-corrected chi connectivity index (χ0v) is 20.1. The van der Waals surface area contributed by atoms with E-state index in [0.717, 1.165) is 26.2 Å². The van der Waals surface area contributed by atoms with Gasteiger partial charge in [0.2, 0.25) is 26.2 Å². The summed E-state index contributed by atoms with van der Waals surface area (Å²) < 4.78 is 9.20. The molecule has 6 heterocycles. The average Bonchev–Trinajstić information content (AvgIpc) is 2.79. The van der Waals surface area contributed by atoms with Crippen molar-refractivity contribution < 1.29 is 18.3 Å². The molecule has 30 heavy (non-hydrogen) atoms. The second-order valence-corrected chi connectivity index (χ2v) is 7.12. The second-order valence-electron chi connectivity index (χ2n) is 7.12. The Morgan fingerprint density at radius 3 is 0.833 bits per heavy atom. The Hall–Kier alpha value is -2.44. The van der Waals surface area contributed by atoms with Crippen LogP contribution >= 0.6 is 34.0 Å². The van der Waals surface area contributed by atoms with Gasteiger partial charge in [0.25, 0.3) is 22.8 Å². The molecule has 6 rings (SSSR count). The Kier molecular flexibility index (Phi) is 7.45. The Labute approximate surface area is 198 Å². The number of rotatable bonds is 0. The number of hydrogen-bond donors (Lipinski definition) is 0. The highest BCUT2D eigenvalue weighted by Gasteiger charge is 2.28. The molecule has 4 nitrogen and oxygen atoms in total. The summed E-state index contributed by atoms with van der Waals surface area (Å²) in [6.07, 6.45) is 8.58. The van der Waals surface area contributed by atoms with Crippen LogP contribution in [0.1, 0.15) is 0 Å². The van der Waals surface area contributed by atoms with E-state index < -0.39 is 0 Å². The van der Waals surface area contributed by atoms with Gasteiger partial charge in [-0.3, -0.25) is 0 Å². The first kappa shape index (κ1) is 22.2. The van der Waals surface area contributed by atoms with Gasteiger partial charge in [0.1, 0.15) is 0 Å². The van der Waals surface area contributed by atoms with Gasteiger partial charge in [0, 0.05) is 48.5 Å². The highest BCUT2D eigenvalue weighted by Crippen LogP contribution is 2.12. The van der Waals surface area contributed by atoms with Crippen molar-refractivity contribution in [1.82, 2.24) is 0 Å². The summed E-state index contributed by atoms with van der Waals surface area (Å²) in [5.41, 5.74) is 5.22. The molecule has 0 aromatic carbocycles. The van der Waals surface area contributed by atoms with Crippen molar-refractivity contribution in [2.24, 2.45) is 0 Å². The van der Waals surface area contributed by atoms with Crippen molar-refractivity contribution in [3.8, 4) is 22.8 Å². The smallest absolute Gasteiger partial charge is 0.187 e. The van der Waals surface area contributed by atoms with Crippen molar-refractivity contribution in [1.29, 1.82) is 0 Å². The topological polar surface area (TPSA) is 15.5 Å². The number of aromatic nitrogens is 4. The summed E-state index contributed by atoms with van der Waals surface area (Å²) in [4.78, 5) is 0. The van der Waals surface area contributed by atoms with Crippen LogP contribution in [0.3, 0.4) is 0 Å². The molecule has 0 bridgehead atoms. The molecule has 0 saturated heterocycles. The minimum Gasteiger partial charge on any atom is -0.187 e. The largest absolute Gasteiger partial charge is 0.277 e. The Morgan fingerprint density at radius 2 is 0.600 bits per heavy atom. The first-order chi connectivity index (χ1) is 13.9. The van der Waals surface area contributed by atoms with Crippen LogP contribution in [0.15, 0.2) is 97.6 Å². The number of aryl methyl sites for hydroxylation is 4. The molecule has 0 fully saturated rings. The quantitative estimate of drug-likeness (QED) is 0.311. The molecule has 4 aromatic rings. The van der Waals surface area contributed by atoms with Crippen LogP contribution in [-0.2, 0) is 26.2 Å². The van der Waals surface area contributed by atoms with Gasteiger partial charge < -0.3 is 0 Å². The molecule has 0 aliphatic carbocycles. The number of fused-ring (bicyclic) bond motifs is 6. The zero-order chi connectivity index (χ0) is 18.8. The number of halogens is 2. The molecular formula is C24H26Br2N4+4. The van der Waals surface area contributed by atoms with Gasteiger partial charge in [-0.25, -0.2) is 0 Å². The number of hydrogen-bond acceptors (Lipinski definition) is 0. The first-order valence-corrected chi connectivity index (χ1v) is 9.85. The normalized spacial score (nSPS) is 12.3. The maximum atomic E-state index is 2.30. The number of nitrogens with zero attached hydrogens (tertiary/aromatic N) is 4. The SMILES string of the molecule is Br.Br.c1cc[n+]2c(c1)-c1cccc[n+]1CC2.c1cc[n+]2c(c1)-c1cccc[n+]1CC2. The lowest BCUT2D eigenvalue weighted by Crippen LogP contribution is -2.52. The third kappa shape index (κ3) is 4.35. The van der Waals surface area contributed by atoms with Gasteiger partial charge in [0.15, 0.2) is 24.8 Å². The number of pyridine rings is 4. The van der Waals surface area contributed by atoms with Crippen molar-refractivity contribution in [3.05, 3.63) is 97.6 Å².